The summed E-state index contributed by atoms with van der Waals surface area (Å²) in [5.74, 6) is -11.9. The van der Waals surface area contributed by atoms with Crippen LogP contribution in [-0.4, -0.2) is 445 Å². The van der Waals surface area contributed by atoms with Gasteiger partial charge in [-0.2, -0.15) is 83.2 Å². The number of aliphatic hydroxyl groups is 16. The van der Waals surface area contributed by atoms with Gasteiger partial charge in [-0.25, -0.2) is 0 Å². The quantitative estimate of drug-likeness (QED) is 0.0165. The smallest absolute Gasteiger partial charge is 0.550 e. The van der Waals surface area contributed by atoms with Gasteiger partial charge in [0.25, 0.3) is 0 Å². The minimum absolute atomic E-state index is 0. The van der Waals surface area contributed by atoms with E-state index in [0.29, 0.717) is 0 Å². The van der Waals surface area contributed by atoms with Gasteiger partial charge in [0.15, 0.2) is 50.3 Å². The fourth-order valence-electron chi connectivity index (χ4n) is 14.2. The van der Waals surface area contributed by atoms with E-state index < -0.39 is 337 Å². The second-order valence-electron chi connectivity index (χ2n) is 28.7. The third-order valence-electron chi connectivity index (χ3n) is 20.4. The number of rotatable bonds is 26. The summed E-state index contributed by atoms with van der Waals surface area (Å²) in [5.41, 5.74) is 0. The number of thiol groups is 1. The van der Waals surface area contributed by atoms with Crippen molar-refractivity contribution in [2.24, 2.45) is 0 Å². The zero-order valence-corrected chi connectivity index (χ0v) is 82.5. The van der Waals surface area contributed by atoms with E-state index in [4.69, 9.17) is 80.5 Å². The van der Waals surface area contributed by atoms with Crippen molar-refractivity contribution in [2.75, 3.05) is 81.4 Å². The third kappa shape index (κ3) is 30.7. The standard InChI is InChI=1S/C66H102O44S7.5Na/c67-29(68)1-7-112-15-23-53-39(82)47(90)63(99-23)108-56-25(17-114-9-3-31(71)72)101-65(49(92)41(56)84)110-58-27(19-116-11-5-33(75)76)102-66(50(93)42(58)85)109-57-26(18-115-10-4-32(73)74)100-64(48(91)40(57)83)107-55-24(16-113-8-2-30(69)70)98-62(46(89)38(55)81)104-52-22(14-111)96-60(44(87)36(52)79)106-54-28-20-117-12-6-34(77)94-13-21-51(35(78)43(86)59(95-21)105-53)103-61(97-28)45(88)37(54)80;;;;;/h21-28,35-66,78-93,111H,1-20H2,(H,67,68)(H,69,70)(H,71,72)(H,73,74)(H,75,76);;;;;/q;5*+1/p-5/t21-,22-,23-,24-,25-,26-,27-,28-,35-,36-,37-,38-,39-,40-,41-,42-,43-,44-,45-,46-,47-,48-,49-,50-,51-,52-,53-,54-,55-,56-,57-,58-,59-,60-,61-,62-,63-,64-,65-,66-;;;;;/m1...../s1. The normalized spacial score (nSPS) is 43.4. The largest absolute Gasteiger partial charge is 1.00 e. The van der Waals surface area contributed by atoms with Crippen LogP contribution in [0.3, 0.4) is 0 Å². The van der Waals surface area contributed by atoms with Gasteiger partial charge in [0.1, 0.15) is 159 Å². The maximum Gasteiger partial charge on any atom is 1.00 e. The van der Waals surface area contributed by atoms with Gasteiger partial charge in [-0.15, -0.1) is 0 Å². The number of carboxylic acids is 5. The molecule has 122 heavy (non-hydrogen) atoms. The van der Waals surface area contributed by atoms with Crippen molar-refractivity contribution in [2.45, 2.75) is 284 Å². The van der Waals surface area contributed by atoms with E-state index in [9.17, 15) is 136 Å². The predicted molar refractivity (Wildman–Crippen MR) is 386 cm³/mol. The van der Waals surface area contributed by atoms with Crippen molar-refractivity contribution in [3.63, 3.8) is 0 Å². The summed E-state index contributed by atoms with van der Waals surface area (Å²) in [6.45, 7) is -0.811. The molecule has 44 nitrogen and oxygen atoms in total. The summed E-state index contributed by atoms with van der Waals surface area (Å²) >= 11 is 9.68. The molecule has 40 atom stereocenters. The van der Waals surface area contributed by atoms with E-state index >= 15 is 0 Å². The van der Waals surface area contributed by atoms with E-state index in [2.05, 4.69) is 12.6 Å². The van der Waals surface area contributed by atoms with Gasteiger partial charge in [0.05, 0.1) is 49.1 Å². The zero-order valence-electron chi connectivity index (χ0n) is 66.7. The Hall–Kier alpha value is 2.99. The first kappa shape index (κ1) is 115. The maximum atomic E-state index is 13.4. The first-order valence-electron chi connectivity index (χ1n) is 37.2. The summed E-state index contributed by atoms with van der Waals surface area (Å²) in [5, 5.41) is 251. The average Bonchev–Trinajstić information content (AvgIpc) is 0.801. The monoisotopic (exact) mass is 1930 g/mol. The number of aliphatic hydroxyl groups excluding tert-OH is 16. The Morgan fingerprint density at radius 2 is 0.508 bits per heavy atom. The van der Waals surface area contributed by atoms with Gasteiger partial charge in [-0.05, 0) is 60.9 Å². The summed E-state index contributed by atoms with van der Waals surface area (Å²) in [7, 11) is 0. The summed E-state index contributed by atoms with van der Waals surface area (Å²) in [6, 6.07) is 0. The summed E-state index contributed by atoms with van der Waals surface area (Å²) < 4.78 is 104. The van der Waals surface area contributed by atoms with Gasteiger partial charge in [0.2, 0.25) is 0 Å². The minimum atomic E-state index is -2.32. The fourth-order valence-corrected chi connectivity index (χ4v) is 20.4. The molecule has 0 aromatic heterocycles. The number of aliphatic carboxylic acids is 5. The van der Waals surface area contributed by atoms with Crippen molar-refractivity contribution >= 4 is 119 Å². The fraction of sp³-hybridized carbons (Fsp3) is 0.909. The molecule has 28 rings (SSSR count). The molecule has 0 aliphatic carbocycles. The molecule has 0 saturated carbocycles. The van der Waals surface area contributed by atoms with Gasteiger partial charge in [0, 0.05) is 75.9 Å². The molecular weight excluding hydrogens is 1840 g/mol. The van der Waals surface area contributed by atoms with E-state index in [1.807, 2.05) is 0 Å². The van der Waals surface area contributed by atoms with Crippen LogP contribution < -0.4 is 173 Å². The van der Waals surface area contributed by atoms with Crippen LogP contribution in [0.5, 0.6) is 0 Å². The van der Waals surface area contributed by atoms with Crippen molar-refractivity contribution in [3.8, 4) is 0 Å². The van der Waals surface area contributed by atoms with Gasteiger partial charge in [-0.1, -0.05) is 0 Å². The minimum Gasteiger partial charge on any atom is -0.550 e. The Bertz CT molecular complexity index is 3190. The van der Waals surface area contributed by atoms with Crippen LogP contribution in [0.4, 0.5) is 0 Å². The average molecular weight is 1930 g/mol. The second kappa shape index (κ2) is 55.4. The predicted octanol–water partition coefficient (Wildman–Crippen LogP) is -30.3. The molecule has 28 saturated heterocycles. The zero-order chi connectivity index (χ0) is 85.0. The summed E-state index contributed by atoms with van der Waals surface area (Å²) in [4.78, 5) is 71.4. The third-order valence-corrected chi connectivity index (χ3v) is 27.1. The number of cyclic esters (lactones) is 1. The molecule has 28 fully saturated rings. The molecule has 28 heterocycles. The number of carbonyl (C=O) groups is 6. The van der Waals surface area contributed by atoms with E-state index in [0.717, 1.165) is 70.6 Å². The van der Waals surface area contributed by atoms with Gasteiger partial charge < -0.3 is 212 Å². The van der Waals surface area contributed by atoms with Gasteiger partial charge >= 0.3 is 154 Å². The number of carbonyl (C=O) groups excluding carboxylic acids is 6. The molecule has 16 N–H and O–H groups in total. The molecule has 0 amide bonds. The van der Waals surface area contributed by atoms with E-state index in [-0.39, 0.29) is 212 Å². The molecular formula is C66H97Na5O44S7. The molecule has 18 bridgehead atoms. The number of esters is 1. The Kier molecular flexibility index (Phi) is 52.4. The molecule has 0 aromatic rings. The number of hydrogen-bond donors (Lipinski definition) is 17. The van der Waals surface area contributed by atoms with Crippen molar-refractivity contribution in [1.82, 2.24) is 0 Å². The van der Waals surface area contributed by atoms with Crippen LogP contribution in [0.15, 0.2) is 0 Å². The molecule has 0 unspecified atom stereocenters. The molecule has 28 aliphatic heterocycles. The molecule has 0 aromatic carbocycles. The van der Waals surface area contributed by atoms with Gasteiger partial charge in [-0.3, -0.25) is 4.79 Å². The molecule has 0 radical (unpaired) electrons. The van der Waals surface area contributed by atoms with E-state index in [1.165, 1.54) is 0 Å². The van der Waals surface area contributed by atoms with Crippen LogP contribution in [0.1, 0.15) is 38.5 Å². The summed E-state index contributed by atoms with van der Waals surface area (Å²) in [6.07, 6.45) is -83.4. The number of carboxylic acid groups (broad SMARTS) is 5. The Morgan fingerprint density at radius 1 is 0.303 bits per heavy atom. The maximum absolute atomic E-state index is 13.4. The Morgan fingerprint density at radius 3 is 0.754 bits per heavy atom. The Balaban J connectivity index is 0.00000529. The molecule has 28 aliphatic rings. The van der Waals surface area contributed by atoms with Crippen LogP contribution in [0, 0.1) is 0 Å². The second-order valence-corrected chi connectivity index (χ2v) is 35.9. The van der Waals surface area contributed by atoms with Crippen molar-refractivity contribution in [1.29, 1.82) is 0 Å². The van der Waals surface area contributed by atoms with E-state index in [1.54, 1.807) is 0 Å². The Labute approximate surface area is 839 Å². The number of thioether (sulfide) groups is 6. The molecule has 672 valence electrons. The topological polar surface area (TPSA) is 698 Å². The first-order chi connectivity index (χ1) is 55.6. The van der Waals surface area contributed by atoms with Crippen molar-refractivity contribution in [3.05, 3.63) is 0 Å². The number of ether oxygens (including phenoxy) is 17. The first-order valence-corrected chi connectivity index (χ1v) is 44.8. The molecule has 56 heteroatoms. The van der Waals surface area contributed by atoms with Crippen LogP contribution in [-0.2, 0) is 109 Å². The SMILES string of the molecule is O=C([O-])CCSC[C@H]1O[C@@H]2O[C@H]3[C@H](O)[C@@H](O)[C@@H](O[C@H]4[C@H](O)[C@@H](O)[C@@H](O[C@H]5[C@H](O)[C@@H](O)[C@@H](O[C@H]6[C@H](O)[C@@H](O)[C@@H](O[C@H]7[C@H](O)[C@@H](O)[C@@H](O[C@H]8[C@H](O)[C@@H](O)[C@H]9O[C@H]%10[C@H](O)[C@@H](O)[C@@H](O[C@H]1[C@H](O)[C@H]2O)O[C@@H]%10COC(=O)CCSC[C@H]8O9)O[C@@H]7CS)O[C@@H]6CSCCC(=O)[O-])O[C@@H]5CSCCC(=O)[O-])O[C@@H]4CSCCC(=O)[O-])O[C@@H]3CSCCC(=O)[O-].[Na+].[Na+].[Na+].[Na+].[Na+]. The van der Waals surface area contributed by atoms with Crippen molar-refractivity contribution < 1.29 is 364 Å². The van der Waals surface area contributed by atoms with Crippen LogP contribution in [0.2, 0.25) is 0 Å². The van der Waals surface area contributed by atoms with Crippen LogP contribution >= 0.6 is 83.2 Å². The number of hydrogen-bond acceptors (Lipinski definition) is 51. The van der Waals surface area contributed by atoms with Crippen LogP contribution in [0.25, 0.3) is 0 Å². The molecule has 0 spiro atoms.